The molecule has 1 aromatic carbocycles. The van der Waals surface area contributed by atoms with Crippen LogP contribution in [0.4, 0.5) is 0 Å². The molecule has 0 atom stereocenters. The van der Waals surface area contributed by atoms with Crippen molar-refractivity contribution in [3.8, 4) is 0 Å². The third-order valence-corrected chi connectivity index (χ3v) is 5.34. The number of hydrogen-bond acceptors (Lipinski definition) is 4. The molecule has 0 saturated carbocycles. The van der Waals surface area contributed by atoms with E-state index in [9.17, 15) is 13.2 Å². The third-order valence-electron chi connectivity index (χ3n) is 2.85. The first-order valence-electron chi connectivity index (χ1n) is 6.25. The second-order valence-corrected chi connectivity index (χ2v) is 7.37. The number of benzene rings is 1. The number of carboxylic acid groups (broad SMARTS) is 1. The van der Waals surface area contributed by atoms with Gasteiger partial charge in [0.1, 0.15) is 0 Å². The molecule has 0 radical (unpaired) electrons. The van der Waals surface area contributed by atoms with Gasteiger partial charge in [-0.15, -0.1) is 0 Å². The van der Waals surface area contributed by atoms with Gasteiger partial charge in [-0.2, -0.15) is 0 Å². The minimum atomic E-state index is -3.47. The summed E-state index contributed by atoms with van der Waals surface area (Å²) in [4.78, 5) is 11.0. The van der Waals surface area contributed by atoms with Crippen LogP contribution in [-0.2, 0) is 9.84 Å². The Labute approximate surface area is 126 Å². The van der Waals surface area contributed by atoms with Crippen molar-refractivity contribution in [3.05, 3.63) is 28.2 Å². The van der Waals surface area contributed by atoms with Crippen molar-refractivity contribution in [2.24, 2.45) is 0 Å². The number of unbranched alkanes of at least 4 members (excludes halogenated alkanes) is 3. The van der Waals surface area contributed by atoms with E-state index in [1.807, 2.05) is 0 Å². The Morgan fingerprint density at radius 3 is 2.40 bits per heavy atom. The molecule has 0 amide bonds. The molecule has 1 aromatic rings. The maximum atomic E-state index is 12.1. The maximum Gasteiger partial charge on any atom is 0.336 e. The number of halogens is 1. The zero-order chi connectivity index (χ0) is 15.2. The summed E-state index contributed by atoms with van der Waals surface area (Å²) in [5.41, 5.74) is -0.0636. The zero-order valence-electron chi connectivity index (χ0n) is 10.9. The fourth-order valence-corrected chi connectivity index (χ4v) is 3.55. The Hall–Kier alpha value is -0.920. The predicted octanol–water partition coefficient (Wildman–Crippen LogP) is 2.47. The minimum Gasteiger partial charge on any atom is -0.478 e. The summed E-state index contributed by atoms with van der Waals surface area (Å²) in [6.45, 7) is 0.113. The van der Waals surface area contributed by atoms with Crippen LogP contribution >= 0.6 is 15.9 Å². The van der Waals surface area contributed by atoms with Gasteiger partial charge >= 0.3 is 5.97 Å². The molecule has 0 saturated heterocycles. The number of rotatable bonds is 8. The summed E-state index contributed by atoms with van der Waals surface area (Å²) in [5.74, 6) is -1.18. The number of aromatic carboxylic acids is 1. The molecular formula is C13H17BrO5S. The fraction of sp³-hybridized carbons (Fsp3) is 0.462. The Morgan fingerprint density at radius 1 is 1.15 bits per heavy atom. The molecule has 0 heterocycles. The molecule has 2 N–H and O–H groups in total. The molecule has 0 fully saturated rings. The Bertz CT molecular complexity index is 568. The zero-order valence-corrected chi connectivity index (χ0v) is 13.3. The van der Waals surface area contributed by atoms with E-state index in [0.29, 0.717) is 17.3 Å². The van der Waals surface area contributed by atoms with Crippen LogP contribution in [0.1, 0.15) is 36.0 Å². The van der Waals surface area contributed by atoms with Crippen molar-refractivity contribution in [3.63, 3.8) is 0 Å². The van der Waals surface area contributed by atoms with E-state index in [1.54, 1.807) is 0 Å². The van der Waals surface area contributed by atoms with E-state index in [-0.39, 0.29) is 22.8 Å². The lowest BCUT2D eigenvalue weighted by Gasteiger charge is -2.06. The van der Waals surface area contributed by atoms with Crippen molar-refractivity contribution >= 4 is 31.7 Å². The van der Waals surface area contributed by atoms with Gasteiger partial charge in [-0.3, -0.25) is 0 Å². The minimum absolute atomic E-state index is 0.0148. The van der Waals surface area contributed by atoms with Gasteiger partial charge in [-0.25, -0.2) is 13.2 Å². The van der Waals surface area contributed by atoms with Gasteiger partial charge < -0.3 is 10.2 Å². The van der Waals surface area contributed by atoms with Crippen LogP contribution in [0.25, 0.3) is 0 Å². The number of aliphatic hydroxyl groups is 1. The lowest BCUT2D eigenvalue weighted by atomic mass is 10.2. The first kappa shape index (κ1) is 17.1. The number of hydrogen-bond donors (Lipinski definition) is 2. The molecular weight excluding hydrogens is 348 g/mol. The van der Waals surface area contributed by atoms with Crippen LogP contribution in [0, 0.1) is 0 Å². The normalized spacial score (nSPS) is 11.5. The van der Waals surface area contributed by atoms with Crippen LogP contribution in [0.2, 0.25) is 0 Å². The molecule has 20 heavy (non-hydrogen) atoms. The van der Waals surface area contributed by atoms with E-state index in [1.165, 1.54) is 18.2 Å². The van der Waals surface area contributed by atoms with Crippen molar-refractivity contribution in [2.75, 3.05) is 12.4 Å². The van der Waals surface area contributed by atoms with Gasteiger partial charge in [0.25, 0.3) is 0 Å². The molecule has 0 aliphatic carbocycles. The van der Waals surface area contributed by atoms with E-state index >= 15 is 0 Å². The highest BCUT2D eigenvalue weighted by Gasteiger charge is 2.18. The van der Waals surface area contributed by atoms with Crippen LogP contribution in [0.5, 0.6) is 0 Å². The summed E-state index contributed by atoms with van der Waals surface area (Å²) in [5, 5.41) is 17.6. The van der Waals surface area contributed by atoms with Crippen LogP contribution in [0.15, 0.2) is 27.6 Å². The SMILES string of the molecule is O=C(O)c1cc(S(=O)(=O)CCCCCCO)ccc1Br. The summed E-state index contributed by atoms with van der Waals surface area (Å²) in [7, 11) is -3.47. The molecule has 0 aromatic heterocycles. The second-order valence-electron chi connectivity index (χ2n) is 4.40. The van der Waals surface area contributed by atoms with Gasteiger partial charge in [0.2, 0.25) is 0 Å². The Morgan fingerprint density at radius 2 is 1.80 bits per heavy atom. The molecule has 0 unspecified atom stereocenters. The quantitative estimate of drug-likeness (QED) is 0.691. The molecule has 5 nitrogen and oxygen atoms in total. The molecule has 0 bridgehead atoms. The standard InChI is InChI=1S/C13H17BrO5S/c14-12-6-5-10(9-11(12)13(16)17)20(18,19)8-4-2-1-3-7-15/h5-6,9,15H,1-4,7-8H2,(H,16,17). The lowest BCUT2D eigenvalue weighted by Crippen LogP contribution is -2.09. The monoisotopic (exact) mass is 364 g/mol. The molecule has 0 aliphatic rings. The second kappa shape index (κ2) is 7.75. The summed E-state index contributed by atoms with van der Waals surface area (Å²) < 4.78 is 24.5. The third kappa shape index (κ3) is 4.88. The molecule has 1 rings (SSSR count). The Balaban J connectivity index is 2.77. The van der Waals surface area contributed by atoms with Crippen LogP contribution in [0.3, 0.4) is 0 Å². The largest absolute Gasteiger partial charge is 0.478 e. The maximum absolute atomic E-state index is 12.1. The van der Waals surface area contributed by atoms with Gasteiger partial charge in [0.05, 0.1) is 16.2 Å². The molecule has 0 spiro atoms. The number of aliphatic hydroxyl groups excluding tert-OH is 1. The highest BCUT2D eigenvalue weighted by molar-refractivity contribution is 9.10. The first-order valence-corrected chi connectivity index (χ1v) is 8.69. The van der Waals surface area contributed by atoms with Crippen LogP contribution < -0.4 is 0 Å². The van der Waals surface area contributed by atoms with Crippen molar-refractivity contribution in [2.45, 2.75) is 30.6 Å². The van der Waals surface area contributed by atoms with E-state index in [2.05, 4.69) is 15.9 Å². The number of sulfone groups is 1. The summed E-state index contributed by atoms with van der Waals surface area (Å²) in [6, 6.07) is 4.01. The smallest absolute Gasteiger partial charge is 0.336 e. The highest BCUT2D eigenvalue weighted by Crippen LogP contribution is 2.22. The average Bonchev–Trinajstić information content (AvgIpc) is 2.38. The van der Waals surface area contributed by atoms with Gasteiger partial charge in [0, 0.05) is 11.1 Å². The first-order chi connectivity index (χ1) is 9.38. The molecule has 7 heteroatoms. The van der Waals surface area contributed by atoms with E-state index in [4.69, 9.17) is 10.2 Å². The summed E-state index contributed by atoms with van der Waals surface area (Å²) in [6.07, 6.45) is 2.68. The number of carbonyl (C=O) groups is 1. The topological polar surface area (TPSA) is 91.7 Å². The summed E-state index contributed by atoms with van der Waals surface area (Å²) >= 11 is 3.08. The molecule has 0 aliphatic heterocycles. The van der Waals surface area contributed by atoms with Gasteiger partial charge in [-0.05, 0) is 47.0 Å². The fourth-order valence-electron chi connectivity index (χ4n) is 1.74. The van der Waals surface area contributed by atoms with Crippen molar-refractivity contribution < 1.29 is 23.4 Å². The van der Waals surface area contributed by atoms with Crippen molar-refractivity contribution in [1.29, 1.82) is 0 Å². The van der Waals surface area contributed by atoms with Crippen molar-refractivity contribution in [1.82, 2.24) is 0 Å². The average molecular weight is 365 g/mol. The Kier molecular flexibility index (Phi) is 6.64. The predicted molar refractivity (Wildman–Crippen MR) is 78.7 cm³/mol. The highest BCUT2D eigenvalue weighted by atomic mass is 79.9. The van der Waals surface area contributed by atoms with Gasteiger partial charge in [-0.1, -0.05) is 12.8 Å². The van der Waals surface area contributed by atoms with E-state index in [0.717, 1.165) is 12.8 Å². The van der Waals surface area contributed by atoms with E-state index < -0.39 is 15.8 Å². The van der Waals surface area contributed by atoms with Crippen LogP contribution in [-0.4, -0.2) is 37.0 Å². The van der Waals surface area contributed by atoms with Gasteiger partial charge in [0.15, 0.2) is 9.84 Å². The molecule has 112 valence electrons. The lowest BCUT2D eigenvalue weighted by molar-refractivity contribution is 0.0695. The number of carboxylic acids is 1.